The van der Waals surface area contributed by atoms with E-state index in [0.29, 0.717) is 10.6 Å². The number of carbonyl (C=O) groups excluding carboxylic acids is 4. The van der Waals surface area contributed by atoms with Gasteiger partial charge >= 0.3 is 12.1 Å². The van der Waals surface area contributed by atoms with Gasteiger partial charge in [0.15, 0.2) is 0 Å². The van der Waals surface area contributed by atoms with Crippen LogP contribution in [0.25, 0.3) is 0 Å². The largest absolute Gasteiger partial charge is 0.334 e. The summed E-state index contributed by atoms with van der Waals surface area (Å²) in [6, 6.07) is 12.1. The molecular weight excluding hydrogens is 431 g/mol. The van der Waals surface area contributed by atoms with E-state index in [2.05, 4.69) is 16.0 Å². The van der Waals surface area contributed by atoms with Crippen molar-refractivity contribution in [1.29, 1.82) is 0 Å². The maximum absolute atomic E-state index is 12.9. The summed E-state index contributed by atoms with van der Waals surface area (Å²) in [5.41, 5.74) is -0.269. The van der Waals surface area contributed by atoms with Crippen molar-refractivity contribution in [2.45, 2.75) is 19.0 Å². The highest BCUT2D eigenvalue weighted by Gasteiger charge is 2.50. The zero-order valence-corrected chi connectivity index (χ0v) is 17.4. The summed E-state index contributed by atoms with van der Waals surface area (Å²) >= 11 is 12.1. The van der Waals surface area contributed by atoms with Crippen molar-refractivity contribution in [2.75, 3.05) is 6.54 Å². The molecule has 1 unspecified atom stereocenters. The Labute approximate surface area is 182 Å². The zero-order valence-electron chi connectivity index (χ0n) is 15.9. The highest BCUT2D eigenvalue weighted by atomic mass is 35.5. The first kappa shape index (κ1) is 21.6. The molecule has 30 heavy (non-hydrogen) atoms. The van der Waals surface area contributed by atoms with Crippen molar-refractivity contribution in [1.82, 2.24) is 20.9 Å². The molecule has 3 N–H and O–H groups in total. The Bertz CT molecular complexity index is 1020. The molecule has 1 fully saturated rings. The summed E-state index contributed by atoms with van der Waals surface area (Å²) in [4.78, 5) is 50.0. The Kier molecular flexibility index (Phi) is 6.28. The smallest absolute Gasteiger partial charge is 0.325 e. The minimum atomic E-state index is -1.46. The lowest BCUT2D eigenvalue weighted by molar-refractivity contribution is -0.134. The van der Waals surface area contributed by atoms with E-state index in [4.69, 9.17) is 23.2 Å². The number of nitrogens with zero attached hydrogens (tertiary/aromatic N) is 1. The van der Waals surface area contributed by atoms with Gasteiger partial charge in [0.25, 0.3) is 5.91 Å². The number of rotatable bonds is 5. The van der Waals surface area contributed by atoms with Crippen molar-refractivity contribution in [3.63, 3.8) is 0 Å². The van der Waals surface area contributed by atoms with Crippen molar-refractivity contribution >= 4 is 47.1 Å². The fraction of sp³-hybridized carbons (Fsp3) is 0.200. The molecule has 0 aliphatic carbocycles. The summed E-state index contributed by atoms with van der Waals surface area (Å²) < 4.78 is 0. The Morgan fingerprint density at radius 2 is 1.80 bits per heavy atom. The molecule has 1 aliphatic heterocycles. The zero-order chi connectivity index (χ0) is 21.9. The van der Waals surface area contributed by atoms with Crippen LogP contribution < -0.4 is 16.0 Å². The Morgan fingerprint density at radius 3 is 2.47 bits per heavy atom. The molecule has 1 aliphatic rings. The van der Waals surface area contributed by atoms with Crippen molar-refractivity contribution in [3.05, 3.63) is 69.7 Å². The van der Waals surface area contributed by atoms with Crippen LogP contribution in [0.4, 0.5) is 9.59 Å². The maximum atomic E-state index is 12.9. The van der Waals surface area contributed by atoms with Crippen molar-refractivity contribution in [2.24, 2.45) is 0 Å². The van der Waals surface area contributed by atoms with Crippen LogP contribution in [-0.4, -0.2) is 35.3 Å². The van der Waals surface area contributed by atoms with E-state index < -0.39 is 36.0 Å². The molecule has 1 saturated heterocycles. The number of urea groups is 2. The lowest BCUT2D eigenvalue weighted by Gasteiger charge is -2.23. The molecule has 2 aromatic rings. The highest BCUT2D eigenvalue weighted by Crippen LogP contribution is 2.34. The van der Waals surface area contributed by atoms with E-state index in [1.807, 2.05) is 30.3 Å². The maximum Gasteiger partial charge on any atom is 0.325 e. The number of hydrogen-bond acceptors (Lipinski definition) is 4. The van der Waals surface area contributed by atoms with Gasteiger partial charge in [0.05, 0.1) is 0 Å². The predicted octanol–water partition coefficient (Wildman–Crippen LogP) is 2.79. The lowest BCUT2D eigenvalue weighted by Crippen LogP contribution is -2.46. The molecule has 3 rings (SSSR count). The molecule has 156 valence electrons. The second-order valence-corrected chi connectivity index (χ2v) is 7.63. The number of benzene rings is 2. The molecule has 0 saturated carbocycles. The van der Waals surface area contributed by atoms with Gasteiger partial charge < -0.3 is 10.6 Å². The normalized spacial score (nSPS) is 18.2. The SMILES string of the molecule is CC1(c2ccc(Cl)cc2Cl)NC(=O)N(CC(=O)NC(=O)NCc2ccccc2)C1=O. The second kappa shape index (κ2) is 8.73. The van der Waals surface area contributed by atoms with E-state index in [1.54, 1.807) is 6.07 Å². The van der Waals surface area contributed by atoms with Crippen molar-refractivity contribution in [3.8, 4) is 0 Å². The number of nitrogens with one attached hydrogen (secondary N) is 3. The third-order valence-corrected chi connectivity index (χ3v) is 5.14. The molecule has 8 nitrogen and oxygen atoms in total. The van der Waals surface area contributed by atoms with Gasteiger partial charge in [-0.25, -0.2) is 9.59 Å². The Morgan fingerprint density at radius 1 is 1.10 bits per heavy atom. The minimum absolute atomic E-state index is 0.199. The fourth-order valence-corrected chi connectivity index (χ4v) is 3.65. The third kappa shape index (κ3) is 4.55. The predicted molar refractivity (Wildman–Crippen MR) is 111 cm³/mol. The number of hydrogen-bond donors (Lipinski definition) is 3. The second-order valence-electron chi connectivity index (χ2n) is 6.79. The van der Waals surface area contributed by atoms with Gasteiger partial charge in [-0.1, -0.05) is 59.6 Å². The fourth-order valence-electron chi connectivity index (χ4n) is 3.05. The topological polar surface area (TPSA) is 108 Å². The molecular formula is C20H18Cl2N4O4. The van der Waals surface area contributed by atoms with Crippen LogP contribution in [0, 0.1) is 0 Å². The first-order valence-electron chi connectivity index (χ1n) is 8.92. The van der Waals surface area contributed by atoms with E-state index in [0.717, 1.165) is 10.5 Å². The number of imide groups is 2. The molecule has 0 aromatic heterocycles. The molecule has 6 amide bonds. The summed E-state index contributed by atoms with van der Waals surface area (Å²) in [5.74, 6) is -1.48. The summed E-state index contributed by atoms with van der Waals surface area (Å²) in [6.07, 6.45) is 0. The standard InChI is InChI=1S/C20H18Cl2N4O4/c1-20(14-8-7-13(21)9-15(14)22)17(28)26(19(30)25-20)11-16(27)24-18(29)23-10-12-5-3-2-4-6-12/h2-9H,10-11H2,1H3,(H,25,30)(H2,23,24,27,29). The van der Waals surface area contributed by atoms with Crippen LogP contribution in [0.5, 0.6) is 0 Å². The number of carbonyl (C=O) groups is 4. The average Bonchev–Trinajstić information content (AvgIpc) is 2.90. The third-order valence-electron chi connectivity index (χ3n) is 4.60. The van der Waals surface area contributed by atoms with E-state index >= 15 is 0 Å². The Hall–Kier alpha value is -3.10. The summed E-state index contributed by atoms with van der Waals surface area (Å²) in [7, 11) is 0. The van der Waals surface area contributed by atoms with E-state index in [9.17, 15) is 19.2 Å². The van der Waals surface area contributed by atoms with Crippen LogP contribution in [0.1, 0.15) is 18.1 Å². The Balaban J connectivity index is 1.62. The van der Waals surface area contributed by atoms with Gasteiger partial charge in [0.1, 0.15) is 12.1 Å². The van der Waals surface area contributed by atoms with Crippen LogP contribution >= 0.6 is 23.2 Å². The van der Waals surface area contributed by atoms with Gasteiger partial charge in [-0.05, 0) is 24.6 Å². The summed E-state index contributed by atoms with van der Waals surface area (Å²) in [6.45, 7) is 1.08. The van der Waals surface area contributed by atoms with Gasteiger partial charge in [-0.15, -0.1) is 0 Å². The van der Waals surface area contributed by atoms with Crippen LogP contribution in [-0.2, 0) is 21.7 Å². The molecule has 10 heteroatoms. The first-order valence-corrected chi connectivity index (χ1v) is 9.67. The monoisotopic (exact) mass is 448 g/mol. The van der Waals surface area contributed by atoms with Crippen LogP contribution in [0.15, 0.2) is 48.5 Å². The van der Waals surface area contributed by atoms with Gasteiger partial charge in [0, 0.05) is 22.2 Å². The number of amides is 6. The highest BCUT2D eigenvalue weighted by molar-refractivity contribution is 6.35. The van der Waals surface area contributed by atoms with E-state index in [1.165, 1.54) is 19.1 Å². The summed E-state index contributed by atoms with van der Waals surface area (Å²) in [5, 5.41) is 7.74. The molecule has 0 radical (unpaired) electrons. The molecule has 0 bridgehead atoms. The van der Waals surface area contributed by atoms with Gasteiger partial charge in [0.2, 0.25) is 5.91 Å². The molecule has 2 aromatic carbocycles. The van der Waals surface area contributed by atoms with Crippen LogP contribution in [0.2, 0.25) is 10.0 Å². The minimum Gasteiger partial charge on any atom is -0.334 e. The molecule has 0 spiro atoms. The van der Waals surface area contributed by atoms with Gasteiger partial charge in [-0.2, -0.15) is 0 Å². The van der Waals surface area contributed by atoms with Crippen molar-refractivity contribution < 1.29 is 19.2 Å². The van der Waals surface area contributed by atoms with E-state index in [-0.39, 0.29) is 11.6 Å². The van der Waals surface area contributed by atoms with Gasteiger partial charge in [-0.3, -0.25) is 19.8 Å². The quantitative estimate of drug-likeness (QED) is 0.611. The number of halogens is 2. The lowest BCUT2D eigenvalue weighted by atomic mass is 9.92. The molecule has 1 atom stereocenters. The average molecular weight is 449 g/mol. The molecule has 1 heterocycles. The van der Waals surface area contributed by atoms with Crippen LogP contribution in [0.3, 0.4) is 0 Å². The first-order chi connectivity index (χ1) is 14.2.